The van der Waals surface area contributed by atoms with Gasteiger partial charge in [-0.05, 0) is 23.8 Å². The Bertz CT molecular complexity index is 689. The predicted octanol–water partition coefficient (Wildman–Crippen LogP) is 4.53. The molecule has 1 aliphatic heterocycles. The summed E-state index contributed by atoms with van der Waals surface area (Å²) in [5.74, 6) is 0.751. The normalized spacial score (nSPS) is 19.8. The second-order valence-corrected chi connectivity index (χ2v) is 5.02. The summed E-state index contributed by atoms with van der Waals surface area (Å²) in [6, 6.07) is 15.7. The van der Waals surface area contributed by atoms with E-state index in [4.69, 9.17) is 16.3 Å². The number of benzene rings is 2. The molecule has 0 saturated heterocycles. The number of hydrogen-bond donors (Lipinski definition) is 0. The summed E-state index contributed by atoms with van der Waals surface area (Å²) in [5.41, 5.74) is 1.93. The van der Waals surface area contributed by atoms with Crippen LogP contribution in [0.1, 0.15) is 18.9 Å². The number of nitriles is 1. The molecular weight excluding hydrogens is 258 g/mol. The standard InChI is InChI=1S/C16H12ClNO/c1-2-16(10-18)14-9-11(17)7-8-12(14)13-5-3-4-6-15(13)19-16/h3-9H,2H2,1H3. The molecule has 0 aliphatic carbocycles. The number of fused-ring (bicyclic) bond motifs is 3. The van der Waals surface area contributed by atoms with E-state index in [0.29, 0.717) is 11.4 Å². The molecule has 2 nitrogen and oxygen atoms in total. The first-order valence-electron chi connectivity index (χ1n) is 6.20. The lowest BCUT2D eigenvalue weighted by molar-refractivity contribution is 0.120. The van der Waals surface area contributed by atoms with Crippen molar-refractivity contribution in [1.82, 2.24) is 0 Å². The Balaban J connectivity index is 2.35. The molecule has 1 heterocycles. The topological polar surface area (TPSA) is 33.0 Å². The number of para-hydroxylation sites is 1. The third kappa shape index (κ3) is 1.70. The van der Waals surface area contributed by atoms with Gasteiger partial charge in [0, 0.05) is 22.6 Å². The molecule has 1 unspecified atom stereocenters. The summed E-state index contributed by atoms with van der Waals surface area (Å²) in [7, 11) is 0. The first kappa shape index (κ1) is 12.1. The number of rotatable bonds is 1. The fourth-order valence-corrected chi connectivity index (χ4v) is 2.70. The number of nitrogens with zero attached hydrogens (tertiary/aromatic N) is 1. The number of hydrogen-bond acceptors (Lipinski definition) is 2. The molecule has 0 aromatic heterocycles. The van der Waals surface area contributed by atoms with E-state index in [-0.39, 0.29) is 0 Å². The van der Waals surface area contributed by atoms with Crippen LogP contribution in [0.25, 0.3) is 11.1 Å². The Morgan fingerprint density at radius 3 is 2.74 bits per heavy atom. The van der Waals surface area contributed by atoms with Crippen LogP contribution in [0.3, 0.4) is 0 Å². The maximum atomic E-state index is 9.59. The van der Waals surface area contributed by atoms with Gasteiger partial charge < -0.3 is 4.74 Å². The molecule has 2 aromatic rings. The molecule has 3 rings (SSSR count). The second kappa shape index (κ2) is 4.29. The van der Waals surface area contributed by atoms with Crippen LogP contribution in [0.4, 0.5) is 0 Å². The van der Waals surface area contributed by atoms with Crippen LogP contribution in [0.5, 0.6) is 5.75 Å². The van der Waals surface area contributed by atoms with E-state index in [1.807, 2.05) is 49.4 Å². The Morgan fingerprint density at radius 1 is 1.21 bits per heavy atom. The van der Waals surface area contributed by atoms with Gasteiger partial charge in [-0.2, -0.15) is 5.26 Å². The molecule has 0 N–H and O–H groups in total. The Labute approximate surface area is 117 Å². The van der Waals surface area contributed by atoms with Crippen molar-refractivity contribution in [2.24, 2.45) is 0 Å². The minimum absolute atomic E-state index is 0.575. The van der Waals surface area contributed by atoms with Gasteiger partial charge in [0.1, 0.15) is 11.8 Å². The van der Waals surface area contributed by atoms with Gasteiger partial charge in [-0.1, -0.05) is 42.8 Å². The fourth-order valence-electron chi connectivity index (χ4n) is 2.53. The van der Waals surface area contributed by atoms with Crippen molar-refractivity contribution in [2.75, 3.05) is 0 Å². The minimum atomic E-state index is -0.950. The largest absolute Gasteiger partial charge is 0.467 e. The molecule has 19 heavy (non-hydrogen) atoms. The van der Waals surface area contributed by atoms with E-state index in [1.54, 1.807) is 0 Å². The molecule has 0 amide bonds. The molecule has 0 spiro atoms. The molecule has 0 bridgehead atoms. The average Bonchev–Trinajstić information content (AvgIpc) is 2.46. The average molecular weight is 270 g/mol. The maximum Gasteiger partial charge on any atom is 0.220 e. The van der Waals surface area contributed by atoms with Crippen LogP contribution in [0, 0.1) is 11.3 Å². The molecular formula is C16H12ClNO. The van der Waals surface area contributed by atoms with E-state index in [9.17, 15) is 5.26 Å². The Hall–Kier alpha value is -1.98. The van der Waals surface area contributed by atoms with Crippen molar-refractivity contribution < 1.29 is 4.74 Å². The zero-order valence-corrected chi connectivity index (χ0v) is 11.2. The van der Waals surface area contributed by atoms with Gasteiger partial charge in [0.05, 0.1) is 0 Å². The van der Waals surface area contributed by atoms with Gasteiger partial charge in [0.15, 0.2) is 0 Å². The monoisotopic (exact) mass is 269 g/mol. The summed E-state index contributed by atoms with van der Waals surface area (Å²) in [4.78, 5) is 0. The third-order valence-corrected chi connectivity index (χ3v) is 3.79. The molecule has 0 fully saturated rings. The second-order valence-electron chi connectivity index (χ2n) is 4.58. The van der Waals surface area contributed by atoms with E-state index in [1.165, 1.54) is 0 Å². The van der Waals surface area contributed by atoms with E-state index in [2.05, 4.69) is 6.07 Å². The fraction of sp³-hybridized carbons (Fsp3) is 0.188. The van der Waals surface area contributed by atoms with Crippen LogP contribution in [-0.4, -0.2) is 0 Å². The third-order valence-electron chi connectivity index (χ3n) is 3.56. The molecule has 2 aromatic carbocycles. The van der Waals surface area contributed by atoms with Crippen molar-refractivity contribution in [3.8, 4) is 22.9 Å². The molecule has 1 atom stereocenters. The quantitative estimate of drug-likeness (QED) is 0.762. The molecule has 0 saturated carbocycles. The van der Waals surface area contributed by atoms with Crippen molar-refractivity contribution >= 4 is 11.6 Å². The molecule has 94 valence electrons. The lowest BCUT2D eigenvalue weighted by atomic mass is 9.83. The van der Waals surface area contributed by atoms with E-state index in [0.717, 1.165) is 22.4 Å². The minimum Gasteiger partial charge on any atom is -0.467 e. The van der Waals surface area contributed by atoms with Crippen LogP contribution < -0.4 is 4.74 Å². The molecule has 0 radical (unpaired) electrons. The zero-order valence-electron chi connectivity index (χ0n) is 10.5. The SMILES string of the molecule is CCC1(C#N)Oc2ccccc2-c2ccc(Cl)cc21. The van der Waals surface area contributed by atoms with Gasteiger partial charge in [0.2, 0.25) is 5.60 Å². The summed E-state index contributed by atoms with van der Waals surface area (Å²) in [6.07, 6.45) is 0.575. The molecule has 3 heteroatoms. The van der Waals surface area contributed by atoms with Crippen LogP contribution in [-0.2, 0) is 5.60 Å². The van der Waals surface area contributed by atoms with Crippen LogP contribution >= 0.6 is 11.6 Å². The summed E-state index contributed by atoms with van der Waals surface area (Å²) in [5, 5.41) is 10.2. The Morgan fingerprint density at radius 2 is 2.00 bits per heavy atom. The van der Waals surface area contributed by atoms with Gasteiger partial charge >= 0.3 is 0 Å². The van der Waals surface area contributed by atoms with E-state index < -0.39 is 5.60 Å². The molecule has 1 aliphatic rings. The van der Waals surface area contributed by atoms with Crippen molar-refractivity contribution in [1.29, 1.82) is 5.26 Å². The maximum absolute atomic E-state index is 9.59. The first-order valence-corrected chi connectivity index (χ1v) is 6.57. The van der Waals surface area contributed by atoms with Crippen LogP contribution in [0.15, 0.2) is 42.5 Å². The lowest BCUT2D eigenvalue weighted by Crippen LogP contribution is -2.33. The Kier molecular flexibility index (Phi) is 2.73. The van der Waals surface area contributed by atoms with Gasteiger partial charge in [0.25, 0.3) is 0 Å². The number of ether oxygens (including phenoxy) is 1. The van der Waals surface area contributed by atoms with Crippen molar-refractivity contribution in [3.63, 3.8) is 0 Å². The highest BCUT2D eigenvalue weighted by atomic mass is 35.5. The van der Waals surface area contributed by atoms with Gasteiger partial charge in [-0.15, -0.1) is 0 Å². The highest BCUT2D eigenvalue weighted by molar-refractivity contribution is 6.30. The number of halogens is 1. The lowest BCUT2D eigenvalue weighted by Gasteiger charge is -2.34. The summed E-state index contributed by atoms with van der Waals surface area (Å²) in [6.45, 7) is 1.95. The van der Waals surface area contributed by atoms with Gasteiger partial charge in [-0.25, -0.2) is 0 Å². The predicted molar refractivity (Wildman–Crippen MR) is 75.1 cm³/mol. The van der Waals surface area contributed by atoms with Gasteiger partial charge in [-0.3, -0.25) is 0 Å². The first-order chi connectivity index (χ1) is 9.20. The van der Waals surface area contributed by atoms with Crippen molar-refractivity contribution in [2.45, 2.75) is 18.9 Å². The highest BCUT2D eigenvalue weighted by Crippen LogP contribution is 2.46. The van der Waals surface area contributed by atoms with E-state index >= 15 is 0 Å². The summed E-state index contributed by atoms with van der Waals surface area (Å²) < 4.78 is 5.98. The zero-order chi connectivity index (χ0) is 13.5. The van der Waals surface area contributed by atoms with Crippen molar-refractivity contribution in [3.05, 3.63) is 53.1 Å². The summed E-state index contributed by atoms with van der Waals surface area (Å²) >= 11 is 6.08. The van der Waals surface area contributed by atoms with Crippen LogP contribution in [0.2, 0.25) is 5.02 Å². The highest BCUT2D eigenvalue weighted by Gasteiger charge is 2.39. The smallest absolute Gasteiger partial charge is 0.220 e.